The van der Waals surface area contributed by atoms with Crippen molar-refractivity contribution in [2.24, 2.45) is 11.3 Å². The third-order valence-corrected chi connectivity index (χ3v) is 4.27. The minimum atomic E-state index is 0.689. The maximum atomic E-state index is 3.53. The van der Waals surface area contributed by atoms with Crippen LogP contribution in [-0.2, 0) is 0 Å². The molecule has 1 N–H and O–H groups in total. The number of nitrogens with one attached hydrogen (secondary N) is 1. The summed E-state index contributed by atoms with van der Waals surface area (Å²) in [4.78, 5) is 2.67. The lowest BCUT2D eigenvalue weighted by molar-refractivity contribution is 0.115. The predicted octanol–water partition coefficient (Wildman–Crippen LogP) is 2.11. The maximum Gasteiger partial charge on any atom is 0.000924 e. The van der Waals surface area contributed by atoms with Gasteiger partial charge in [0.1, 0.15) is 0 Å². The molecule has 0 unspecified atom stereocenters. The molecule has 0 aromatic heterocycles. The van der Waals surface area contributed by atoms with E-state index in [1.165, 1.54) is 58.4 Å². The average Bonchev–Trinajstić information content (AvgIpc) is 2.66. The van der Waals surface area contributed by atoms with Gasteiger partial charge in [-0.25, -0.2) is 0 Å². The van der Waals surface area contributed by atoms with E-state index in [1.807, 2.05) is 0 Å². The summed E-state index contributed by atoms with van der Waals surface area (Å²) in [6.07, 6.45) is 5.65. The number of hydrogen-bond donors (Lipinski definition) is 1. The van der Waals surface area contributed by atoms with Gasteiger partial charge in [-0.05, 0) is 63.2 Å². The highest BCUT2D eigenvalue weighted by Gasteiger charge is 2.36. The van der Waals surface area contributed by atoms with Gasteiger partial charge in [-0.2, -0.15) is 0 Å². The van der Waals surface area contributed by atoms with E-state index in [4.69, 9.17) is 0 Å². The van der Waals surface area contributed by atoms with Gasteiger partial charge in [0.25, 0.3) is 0 Å². The molecule has 0 atom stereocenters. The Kier molecular flexibility index (Phi) is 3.68. The van der Waals surface area contributed by atoms with Crippen LogP contribution >= 0.6 is 0 Å². The number of nitrogens with zero attached hydrogens (tertiary/aromatic N) is 1. The predicted molar refractivity (Wildman–Crippen MR) is 65.0 cm³/mol. The number of rotatable bonds is 3. The Morgan fingerprint density at radius 2 is 1.93 bits per heavy atom. The van der Waals surface area contributed by atoms with E-state index >= 15 is 0 Å². The zero-order chi connectivity index (χ0) is 10.7. The lowest BCUT2D eigenvalue weighted by atomic mass is 9.78. The average molecular weight is 210 g/mol. The normalized spacial score (nSPS) is 26.6. The van der Waals surface area contributed by atoms with Gasteiger partial charge >= 0.3 is 0 Å². The van der Waals surface area contributed by atoms with E-state index in [1.54, 1.807) is 0 Å². The highest BCUT2D eigenvalue weighted by atomic mass is 15.1. The lowest BCUT2D eigenvalue weighted by Gasteiger charge is -2.39. The molecule has 1 spiro atoms. The van der Waals surface area contributed by atoms with Gasteiger partial charge in [0, 0.05) is 6.54 Å². The standard InChI is InChI=1S/C13H26N2/c1-12(2)3-8-15-9-5-13(6-10-15)4-7-14-11-13/h12,14H,3-11H2,1-2H3. The van der Waals surface area contributed by atoms with Crippen LogP contribution in [0.3, 0.4) is 0 Å². The Hall–Kier alpha value is -0.0800. The first kappa shape index (κ1) is 11.4. The van der Waals surface area contributed by atoms with Crippen LogP contribution in [0.4, 0.5) is 0 Å². The smallest absolute Gasteiger partial charge is 0.000924 e. The molecule has 15 heavy (non-hydrogen) atoms. The summed E-state index contributed by atoms with van der Waals surface area (Å²) in [5.41, 5.74) is 0.689. The minimum absolute atomic E-state index is 0.689. The van der Waals surface area contributed by atoms with E-state index in [9.17, 15) is 0 Å². The molecular formula is C13H26N2. The molecule has 0 aliphatic carbocycles. The number of hydrogen-bond acceptors (Lipinski definition) is 2. The van der Waals surface area contributed by atoms with Gasteiger partial charge < -0.3 is 10.2 Å². The Bertz CT molecular complexity index is 185. The van der Waals surface area contributed by atoms with E-state index in [0.29, 0.717) is 5.41 Å². The molecule has 2 heteroatoms. The van der Waals surface area contributed by atoms with Gasteiger partial charge in [-0.15, -0.1) is 0 Å². The quantitative estimate of drug-likeness (QED) is 0.767. The van der Waals surface area contributed by atoms with Gasteiger partial charge in [-0.3, -0.25) is 0 Å². The fourth-order valence-electron chi connectivity index (χ4n) is 2.91. The minimum Gasteiger partial charge on any atom is -0.316 e. The van der Waals surface area contributed by atoms with Crippen LogP contribution < -0.4 is 5.32 Å². The molecule has 0 saturated carbocycles. The Balaban J connectivity index is 1.72. The summed E-state index contributed by atoms with van der Waals surface area (Å²) >= 11 is 0. The molecule has 0 amide bonds. The van der Waals surface area contributed by atoms with Gasteiger partial charge in [-0.1, -0.05) is 13.8 Å². The summed E-state index contributed by atoms with van der Waals surface area (Å²) in [5, 5.41) is 3.53. The summed E-state index contributed by atoms with van der Waals surface area (Å²) in [5.74, 6) is 0.856. The van der Waals surface area contributed by atoms with Crippen LogP contribution in [0.1, 0.15) is 39.5 Å². The molecule has 2 nitrogen and oxygen atoms in total. The highest BCUT2D eigenvalue weighted by Crippen LogP contribution is 2.36. The van der Waals surface area contributed by atoms with Crippen molar-refractivity contribution in [1.82, 2.24) is 10.2 Å². The largest absolute Gasteiger partial charge is 0.316 e. The highest BCUT2D eigenvalue weighted by molar-refractivity contribution is 4.92. The third kappa shape index (κ3) is 2.94. The fourth-order valence-corrected chi connectivity index (χ4v) is 2.91. The van der Waals surface area contributed by atoms with Crippen LogP contribution in [-0.4, -0.2) is 37.6 Å². The van der Waals surface area contributed by atoms with Crippen molar-refractivity contribution >= 4 is 0 Å². The molecule has 2 heterocycles. The third-order valence-electron chi connectivity index (χ3n) is 4.27. The summed E-state index contributed by atoms with van der Waals surface area (Å²) in [6, 6.07) is 0. The topological polar surface area (TPSA) is 15.3 Å². The van der Waals surface area contributed by atoms with Crippen molar-refractivity contribution in [3.63, 3.8) is 0 Å². The van der Waals surface area contributed by atoms with E-state index in [2.05, 4.69) is 24.1 Å². The number of piperidine rings is 1. The van der Waals surface area contributed by atoms with Crippen molar-refractivity contribution in [3.05, 3.63) is 0 Å². The summed E-state index contributed by atoms with van der Waals surface area (Å²) in [7, 11) is 0. The molecule has 0 aromatic carbocycles. The van der Waals surface area contributed by atoms with Gasteiger partial charge in [0.2, 0.25) is 0 Å². The Morgan fingerprint density at radius 1 is 1.20 bits per heavy atom. The molecule has 2 aliphatic rings. The van der Waals surface area contributed by atoms with Crippen molar-refractivity contribution in [2.75, 3.05) is 32.7 Å². The lowest BCUT2D eigenvalue weighted by Crippen LogP contribution is -2.41. The zero-order valence-electron chi connectivity index (χ0n) is 10.4. The van der Waals surface area contributed by atoms with Gasteiger partial charge in [0.15, 0.2) is 0 Å². The molecule has 88 valence electrons. The first-order valence-electron chi connectivity index (χ1n) is 6.63. The maximum absolute atomic E-state index is 3.53. The van der Waals surface area contributed by atoms with E-state index in [0.717, 1.165) is 5.92 Å². The summed E-state index contributed by atoms with van der Waals surface area (Å²) < 4.78 is 0. The van der Waals surface area contributed by atoms with Crippen LogP contribution in [0.2, 0.25) is 0 Å². The summed E-state index contributed by atoms with van der Waals surface area (Å²) in [6.45, 7) is 11.2. The van der Waals surface area contributed by atoms with E-state index in [-0.39, 0.29) is 0 Å². The van der Waals surface area contributed by atoms with Crippen molar-refractivity contribution < 1.29 is 0 Å². The van der Waals surface area contributed by atoms with Crippen LogP contribution in [0.15, 0.2) is 0 Å². The Labute approximate surface area is 94.4 Å². The van der Waals surface area contributed by atoms with Crippen LogP contribution in [0.25, 0.3) is 0 Å². The van der Waals surface area contributed by atoms with Crippen LogP contribution in [0.5, 0.6) is 0 Å². The Morgan fingerprint density at radius 3 is 2.47 bits per heavy atom. The van der Waals surface area contributed by atoms with Crippen molar-refractivity contribution in [2.45, 2.75) is 39.5 Å². The molecule has 2 aliphatic heterocycles. The monoisotopic (exact) mass is 210 g/mol. The zero-order valence-corrected chi connectivity index (χ0v) is 10.4. The second-order valence-corrected chi connectivity index (χ2v) is 5.95. The first-order valence-corrected chi connectivity index (χ1v) is 6.63. The molecule has 0 bridgehead atoms. The molecular weight excluding hydrogens is 184 g/mol. The fraction of sp³-hybridized carbons (Fsp3) is 1.00. The molecule has 0 aromatic rings. The van der Waals surface area contributed by atoms with E-state index < -0.39 is 0 Å². The first-order chi connectivity index (χ1) is 7.20. The second-order valence-electron chi connectivity index (χ2n) is 5.95. The van der Waals surface area contributed by atoms with Crippen LogP contribution in [0, 0.1) is 11.3 Å². The van der Waals surface area contributed by atoms with Gasteiger partial charge in [0.05, 0.1) is 0 Å². The number of likely N-dealkylation sites (tertiary alicyclic amines) is 1. The molecule has 2 saturated heterocycles. The van der Waals surface area contributed by atoms with Crippen molar-refractivity contribution in [1.29, 1.82) is 0 Å². The SMILES string of the molecule is CC(C)CCN1CCC2(CCNC2)CC1. The molecule has 2 rings (SSSR count). The van der Waals surface area contributed by atoms with Crippen molar-refractivity contribution in [3.8, 4) is 0 Å². The molecule has 0 radical (unpaired) electrons. The molecule has 2 fully saturated rings. The second kappa shape index (κ2) is 4.84.